The van der Waals surface area contributed by atoms with E-state index in [2.05, 4.69) is 9.88 Å². The van der Waals surface area contributed by atoms with Crippen molar-refractivity contribution in [1.29, 1.82) is 0 Å². The van der Waals surface area contributed by atoms with Crippen LogP contribution in [0.4, 0.5) is 4.39 Å². The fraction of sp³-hybridized carbons (Fsp3) is 0.375. The Kier molecular flexibility index (Phi) is 6.05. The molecule has 1 heterocycles. The monoisotopic (exact) mass is 403 g/mol. The van der Waals surface area contributed by atoms with Gasteiger partial charge in [-0.2, -0.15) is 4.72 Å². The summed E-state index contributed by atoms with van der Waals surface area (Å²) in [5.74, 6) is -0.957. The molecule has 0 spiro atoms. The Morgan fingerprint density at radius 2 is 2.08 bits per heavy atom. The summed E-state index contributed by atoms with van der Waals surface area (Å²) in [4.78, 5) is 13.6. The number of nitrogens with zero attached hydrogens (tertiary/aromatic N) is 2. The molecule has 0 radical (unpaired) electrons. The lowest BCUT2D eigenvalue weighted by atomic mass is 10.2. The van der Waals surface area contributed by atoms with E-state index in [1.54, 1.807) is 0 Å². The molecular weight excluding hydrogens is 385 g/mol. The average Bonchev–Trinajstić information content (AvgIpc) is 2.89. The largest absolute Gasteiger partial charge is 0.360 e. The summed E-state index contributed by atoms with van der Waals surface area (Å²) in [6.07, 6.45) is 0. The molecular formula is C16H19ClFN3O4S. The van der Waals surface area contributed by atoms with Crippen molar-refractivity contribution in [2.24, 2.45) is 0 Å². The molecule has 0 aliphatic heterocycles. The van der Waals surface area contributed by atoms with E-state index in [0.717, 1.165) is 0 Å². The summed E-state index contributed by atoms with van der Waals surface area (Å²) in [5, 5.41) is 3.79. The minimum atomic E-state index is -4.00. The van der Waals surface area contributed by atoms with E-state index in [1.807, 2.05) is 0 Å². The van der Waals surface area contributed by atoms with Crippen LogP contribution in [0.25, 0.3) is 0 Å². The Labute approximate surface area is 156 Å². The van der Waals surface area contributed by atoms with Crippen LogP contribution < -0.4 is 4.72 Å². The standard InChI is InChI=1S/C16H19ClFN3O4S/c1-9-15(11(3)25-19-9)26(23,24)20-10(2)16(22)21(4)8-12-13(17)6-5-7-14(12)18/h5-7,10,20H,8H2,1-4H3/t10-/m0/s1. The van der Waals surface area contributed by atoms with Crippen LogP contribution >= 0.6 is 11.6 Å². The Morgan fingerprint density at radius 1 is 1.42 bits per heavy atom. The fourth-order valence-electron chi connectivity index (χ4n) is 2.53. The molecule has 7 nitrogen and oxygen atoms in total. The number of carbonyl (C=O) groups is 1. The number of sulfonamides is 1. The maximum atomic E-state index is 13.9. The lowest BCUT2D eigenvalue weighted by Gasteiger charge is -2.22. The number of amides is 1. The molecule has 2 aromatic rings. The van der Waals surface area contributed by atoms with Gasteiger partial charge in [-0.1, -0.05) is 22.8 Å². The zero-order chi connectivity index (χ0) is 19.6. The van der Waals surface area contributed by atoms with Gasteiger partial charge >= 0.3 is 0 Å². The number of carbonyl (C=O) groups excluding carboxylic acids is 1. The molecule has 0 aliphatic rings. The van der Waals surface area contributed by atoms with Gasteiger partial charge in [-0.3, -0.25) is 4.79 Å². The molecule has 10 heteroatoms. The number of halogens is 2. The summed E-state index contributed by atoms with van der Waals surface area (Å²) in [6.45, 7) is 4.26. The minimum Gasteiger partial charge on any atom is -0.360 e. The lowest BCUT2D eigenvalue weighted by Crippen LogP contribution is -2.45. The molecule has 2 rings (SSSR count). The van der Waals surface area contributed by atoms with Crippen LogP contribution in [0.1, 0.15) is 23.9 Å². The second-order valence-corrected chi connectivity index (χ2v) is 7.95. The van der Waals surface area contributed by atoms with Gasteiger partial charge in [0, 0.05) is 24.2 Å². The fourth-order valence-corrected chi connectivity index (χ4v) is 4.28. The van der Waals surface area contributed by atoms with Crippen LogP contribution in [0.15, 0.2) is 27.6 Å². The molecule has 1 aromatic heterocycles. The van der Waals surface area contributed by atoms with Crippen LogP contribution in [-0.4, -0.2) is 37.5 Å². The first-order valence-corrected chi connectivity index (χ1v) is 9.53. The SMILES string of the molecule is Cc1noc(C)c1S(=O)(=O)N[C@@H](C)C(=O)N(C)Cc1c(F)cccc1Cl. The molecule has 1 amide bonds. The Morgan fingerprint density at radius 3 is 2.62 bits per heavy atom. The van der Waals surface area contributed by atoms with Gasteiger partial charge in [0.05, 0.1) is 6.04 Å². The number of benzene rings is 1. The quantitative estimate of drug-likeness (QED) is 0.799. The van der Waals surface area contributed by atoms with Crippen LogP contribution in [-0.2, 0) is 21.4 Å². The number of hydrogen-bond acceptors (Lipinski definition) is 5. The van der Waals surface area contributed by atoms with E-state index < -0.39 is 27.8 Å². The van der Waals surface area contributed by atoms with Gasteiger partial charge in [-0.05, 0) is 32.9 Å². The Bertz CT molecular complexity index is 890. The van der Waals surface area contributed by atoms with Crippen molar-refractivity contribution in [3.05, 3.63) is 46.1 Å². The van der Waals surface area contributed by atoms with Crippen LogP contribution in [0, 0.1) is 19.7 Å². The highest BCUT2D eigenvalue weighted by molar-refractivity contribution is 7.89. The molecule has 0 aliphatic carbocycles. The summed E-state index contributed by atoms with van der Waals surface area (Å²) >= 11 is 5.96. The van der Waals surface area contributed by atoms with E-state index in [4.69, 9.17) is 16.1 Å². The number of aryl methyl sites for hydroxylation is 2. The first-order valence-electron chi connectivity index (χ1n) is 7.67. The number of hydrogen-bond donors (Lipinski definition) is 1. The predicted molar refractivity (Wildman–Crippen MR) is 93.6 cm³/mol. The molecule has 1 N–H and O–H groups in total. The molecule has 0 unspecified atom stereocenters. The van der Waals surface area contributed by atoms with E-state index in [-0.39, 0.29) is 33.5 Å². The van der Waals surface area contributed by atoms with E-state index in [1.165, 1.54) is 50.9 Å². The second-order valence-electron chi connectivity index (χ2n) is 5.89. The smallest absolute Gasteiger partial charge is 0.246 e. The molecule has 0 bridgehead atoms. The second kappa shape index (κ2) is 7.73. The third-order valence-corrected chi connectivity index (χ3v) is 5.91. The molecule has 0 fully saturated rings. The van der Waals surface area contributed by atoms with Crippen LogP contribution in [0.5, 0.6) is 0 Å². The summed E-state index contributed by atoms with van der Waals surface area (Å²) < 4.78 is 46.0. The maximum absolute atomic E-state index is 13.9. The summed E-state index contributed by atoms with van der Waals surface area (Å²) in [5.41, 5.74) is 0.354. The summed E-state index contributed by atoms with van der Waals surface area (Å²) in [6, 6.07) is 3.14. The zero-order valence-electron chi connectivity index (χ0n) is 14.7. The Hall–Kier alpha value is -1.97. The van der Waals surface area contributed by atoms with Gasteiger partial charge in [0.15, 0.2) is 5.76 Å². The van der Waals surface area contributed by atoms with Crippen molar-refractivity contribution >= 4 is 27.5 Å². The molecule has 26 heavy (non-hydrogen) atoms. The van der Waals surface area contributed by atoms with E-state index in [9.17, 15) is 17.6 Å². The number of aromatic nitrogens is 1. The summed E-state index contributed by atoms with van der Waals surface area (Å²) in [7, 11) is -2.56. The first kappa shape index (κ1) is 20.3. The molecule has 0 saturated carbocycles. The van der Waals surface area contributed by atoms with Crippen molar-refractivity contribution in [3.63, 3.8) is 0 Å². The van der Waals surface area contributed by atoms with E-state index >= 15 is 0 Å². The zero-order valence-corrected chi connectivity index (χ0v) is 16.3. The van der Waals surface area contributed by atoms with Crippen LogP contribution in [0.3, 0.4) is 0 Å². The van der Waals surface area contributed by atoms with E-state index in [0.29, 0.717) is 0 Å². The molecule has 1 atom stereocenters. The minimum absolute atomic E-state index is 0.0955. The van der Waals surface area contributed by atoms with Crippen molar-refractivity contribution in [3.8, 4) is 0 Å². The molecule has 1 aromatic carbocycles. The first-order chi connectivity index (χ1) is 12.0. The van der Waals surface area contributed by atoms with Gasteiger partial charge in [0.1, 0.15) is 16.4 Å². The van der Waals surface area contributed by atoms with Crippen LogP contribution in [0.2, 0.25) is 5.02 Å². The number of nitrogens with one attached hydrogen (secondary N) is 1. The topological polar surface area (TPSA) is 92.5 Å². The number of rotatable bonds is 6. The lowest BCUT2D eigenvalue weighted by molar-refractivity contribution is -0.131. The van der Waals surface area contributed by atoms with Crippen molar-refractivity contribution in [1.82, 2.24) is 14.8 Å². The predicted octanol–water partition coefficient (Wildman–Crippen LogP) is 2.41. The maximum Gasteiger partial charge on any atom is 0.246 e. The normalized spacial score (nSPS) is 12.8. The van der Waals surface area contributed by atoms with Gasteiger partial charge in [-0.25, -0.2) is 12.8 Å². The van der Waals surface area contributed by atoms with Crippen molar-refractivity contribution in [2.75, 3.05) is 7.05 Å². The number of likely N-dealkylation sites (N-methyl/N-ethyl adjacent to an activating group) is 1. The highest BCUT2D eigenvalue weighted by Crippen LogP contribution is 2.21. The third-order valence-electron chi connectivity index (χ3n) is 3.77. The van der Waals surface area contributed by atoms with Gasteiger partial charge in [0.2, 0.25) is 15.9 Å². The van der Waals surface area contributed by atoms with Crippen molar-refractivity contribution in [2.45, 2.75) is 38.3 Å². The third kappa shape index (κ3) is 4.22. The average molecular weight is 404 g/mol. The molecule has 0 saturated heterocycles. The van der Waals surface area contributed by atoms with Gasteiger partial charge in [-0.15, -0.1) is 0 Å². The highest BCUT2D eigenvalue weighted by atomic mass is 35.5. The van der Waals surface area contributed by atoms with Gasteiger partial charge < -0.3 is 9.42 Å². The Balaban J connectivity index is 2.14. The highest BCUT2D eigenvalue weighted by Gasteiger charge is 2.29. The van der Waals surface area contributed by atoms with Crippen molar-refractivity contribution < 1.29 is 22.1 Å². The molecule has 142 valence electrons. The van der Waals surface area contributed by atoms with Gasteiger partial charge in [0.25, 0.3) is 0 Å².